The first kappa shape index (κ1) is 17.5. The van der Waals surface area contributed by atoms with Crippen molar-refractivity contribution in [3.63, 3.8) is 0 Å². The van der Waals surface area contributed by atoms with E-state index in [-0.39, 0.29) is 6.92 Å². The fraction of sp³-hybridized carbons (Fsp3) is 0.364. The van der Waals surface area contributed by atoms with Crippen molar-refractivity contribution in [2.75, 3.05) is 5.32 Å². The van der Waals surface area contributed by atoms with E-state index >= 15 is 0 Å². The smallest absolute Gasteiger partial charge is 0.325 e. The molecule has 1 aromatic carbocycles. The van der Waals surface area contributed by atoms with Crippen molar-refractivity contribution in [1.82, 2.24) is 0 Å². The maximum atomic E-state index is 12.8. The Balaban J connectivity index is 3.17. The van der Waals surface area contributed by atoms with Gasteiger partial charge in [-0.15, -0.1) is 0 Å². The van der Waals surface area contributed by atoms with E-state index in [4.69, 9.17) is 11.6 Å². The molecule has 118 valence electrons. The normalized spacial score (nSPS) is 13.2. The van der Waals surface area contributed by atoms with E-state index in [9.17, 15) is 35.5 Å². The Morgan fingerprint density at radius 2 is 1.57 bits per heavy atom. The highest BCUT2D eigenvalue weighted by Crippen LogP contribution is 2.50. The molecule has 10 heteroatoms. The number of hydrogen-bond acceptors (Lipinski definition) is 1. The van der Waals surface area contributed by atoms with Gasteiger partial charge in [0.15, 0.2) is 0 Å². The quantitative estimate of drug-likeness (QED) is 0.788. The van der Waals surface area contributed by atoms with Gasteiger partial charge in [-0.05, 0) is 25.1 Å². The number of anilines is 1. The van der Waals surface area contributed by atoms with Gasteiger partial charge in [0.25, 0.3) is 0 Å². The SMILES string of the molecule is CC(C(=O)Nc1ccc(F)c(Cl)c1)(C(F)(F)F)C(F)(F)F. The van der Waals surface area contributed by atoms with Gasteiger partial charge in [-0.25, -0.2) is 4.39 Å². The lowest BCUT2D eigenvalue weighted by molar-refractivity contribution is -0.317. The maximum absolute atomic E-state index is 12.8. The zero-order valence-corrected chi connectivity index (χ0v) is 10.9. The first-order valence-electron chi connectivity index (χ1n) is 5.20. The van der Waals surface area contributed by atoms with Gasteiger partial charge in [0.05, 0.1) is 5.02 Å². The fourth-order valence-corrected chi connectivity index (χ4v) is 1.43. The number of nitrogens with one attached hydrogen (secondary N) is 1. The largest absolute Gasteiger partial charge is 0.411 e. The standard InChI is InChI=1S/C11H7ClF7NO/c1-9(10(14,15)16,11(17,18)19)8(21)20-5-2-3-7(13)6(12)4-5/h2-4H,1H3,(H,20,21). The maximum Gasteiger partial charge on any atom is 0.411 e. The second kappa shape index (κ2) is 5.36. The average molecular weight is 338 g/mol. The summed E-state index contributed by atoms with van der Waals surface area (Å²) in [5, 5.41) is 0.872. The van der Waals surface area contributed by atoms with Crippen LogP contribution in [0.4, 0.5) is 36.4 Å². The van der Waals surface area contributed by atoms with E-state index in [1.807, 2.05) is 0 Å². The van der Waals surface area contributed by atoms with Gasteiger partial charge in [-0.1, -0.05) is 11.6 Å². The summed E-state index contributed by atoms with van der Waals surface area (Å²) >= 11 is 5.32. The Morgan fingerprint density at radius 1 is 1.10 bits per heavy atom. The first-order valence-corrected chi connectivity index (χ1v) is 5.58. The van der Waals surface area contributed by atoms with E-state index in [0.29, 0.717) is 12.1 Å². The Morgan fingerprint density at radius 3 is 1.95 bits per heavy atom. The molecule has 0 saturated heterocycles. The summed E-state index contributed by atoms with van der Waals surface area (Å²) in [7, 11) is 0. The second-order valence-corrected chi connectivity index (χ2v) is 4.61. The predicted octanol–water partition coefficient (Wildman–Crippen LogP) is 4.55. The Labute approximate surface area is 118 Å². The van der Waals surface area contributed by atoms with Crippen molar-refractivity contribution < 1.29 is 35.5 Å². The van der Waals surface area contributed by atoms with Crippen LogP contribution in [0.5, 0.6) is 0 Å². The number of alkyl halides is 6. The Hall–Kier alpha value is -1.51. The third-order valence-corrected chi connectivity index (χ3v) is 3.06. The summed E-state index contributed by atoms with van der Waals surface area (Å²) in [5.74, 6) is -3.28. The number of carbonyl (C=O) groups is 1. The van der Waals surface area contributed by atoms with E-state index in [2.05, 4.69) is 0 Å². The third kappa shape index (κ3) is 3.22. The van der Waals surface area contributed by atoms with Crippen molar-refractivity contribution >= 4 is 23.2 Å². The molecule has 1 N–H and O–H groups in total. The number of carbonyl (C=O) groups excluding carboxylic acids is 1. The third-order valence-electron chi connectivity index (χ3n) is 2.77. The summed E-state index contributed by atoms with van der Waals surface area (Å²) in [6, 6.07) is 2.17. The van der Waals surface area contributed by atoms with E-state index in [1.54, 1.807) is 0 Å². The van der Waals surface area contributed by atoms with Gasteiger partial charge >= 0.3 is 12.4 Å². The van der Waals surface area contributed by atoms with Crippen molar-refractivity contribution in [3.8, 4) is 0 Å². The summed E-state index contributed by atoms with van der Waals surface area (Å²) in [6.07, 6.45) is -11.7. The zero-order chi connectivity index (χ0) is 16.6. The van der Waals surface area contributed by atoms with Crippen LogP contribution >= 0.6 is 11.6 Å². The van der Waals surface area contributed by atoms with Crippen LogP contribution < -0.4 is 5.32 Å². The molecule has 0 saturated carbocycles. The minimum absolute atomic E-state index is 0.284. The summed E-state index contributed by atoms with van der Waals surface area (Å²) in [4.78, 5) is 11.4. The number of hydrogen-bond donors (Lipinski definition) is 1. The lowest BCUT2D eigenvalue weighted by Gasteiger charge is -2.32. The molecule has 0 heterocycles. The lowest BCUT2D eigenvalue weighted by Crippen LogP contribution is -2.55. The molecule has 0 fully saturated rings. The molecule has 0 atom stereocenters. The molecular formula is C11H7ClF7NO. The topological polar surface area (TPSA) is 29.1 Å². The van der Waals surface area contributed by atoms with E-state index in [0.717, 1.165) is 6.07 Å². The molecule has 1 aromatic rings. The highest BCUT2D eigenvalue weighted by Gasteiger charge is 2.72. The van der Waals surface area contributed by atoms with Gasteiger partial charge < -0.3 is 5.32 Å². The average Bonchev–Trinajstić information content (AvgIpc) is 2.29. The molecule has 0 bridgehead atoms. The number of halogens is 8. The zero-order valence-electron chi connectivity index (χ0n) is 10.2. The van der Waals surface area contributed by atoms with E-state index < -0.39 is 40.2 Å². The Bertz CT molecular complexity index is 538. The van der Waals surface area contributed by atoms with Crippen LogP contribution in [0, 0.1) is 11.2 Å². The minimum atomic E-state index is -5.86. The van der Waals surface area contributed by atoms with Crippen LogP contribution in [0.15, 0.2) is 18.2 Å². The second-order valence-electron chi connectivity index (χ2n) is 4.20. The van der Waals surface area contributed by atoms with Crippen molar-refractivity contribution in [2.24, 2.45) is 5.41 Å². The van der Waals surface area contributed by atoms with Crippen molar-refractivity contribution in [3.05, 3.63) is 29.0 Å². The van der Waals surface area contributed by atoms with Crippen LogP contribution in [0.25, 0.3) is 0 Å². The molecule has 0 radical (unpaired) electrons. The molecule has 0 unspecified atom stereocenters. The highest BCUT2D eigenvalue weighted by molar-refractivity contribution is 6.31. The molecule has 0 aliphatic heterocycles. The van der Waals surface area contributed by atoms with Gasteiger partial charge in [-0.3, -0.25) is 4.79 Å². The van der Waals surface area contributed by atoms with Crippen molar-refractivity contribution in [1.29, 1.82) is 0 Å². The molecule has 0 spiro atoms. The molecular weight excluding hydrogens is 331 g/mol. The van der Waals surface area contributed by atoms with Crippen molar-refractivity contribution in [2.45, 2.75) is 19.3 Å². The number of benzene rings is 1. The summed E-state index contributed by atoms with van der Waals surface area (Å²) in [5.41, 5.74) is -5.10. The summed E-state index contributed by atoms with van der Waals surface area (Å²) < 4.78 is 88.6. The monoisotopic (exact) mass is 337 g/mol. The number of rotatable bonds is 2. The van der Waals surface area contributed by atoms with Crippen LogP contribution in [0.1, 0.15) is 6.92 Å². The summed E-state index contributed by atoms with van der Waals surface area (Å²) in [6.45, 7) is -0.284. The van der Waals surface area contributed by atoms with Gasteiger partial charge in [0.1, 0.15) is 5.82 Å². The molecule has 2 nitrogen and oxygen atoms in total. The minimum Gasteiger partial charge on any atom is -0.325 e. The Kier molecular flexibility index (Phi) is 4.48. The van der Waals surface area contributed by atoms with Gasteiger partial charge in [0, 0.05) is 5.69 Å². The van der Waals surface area contributed by atoms with E-state index in [1.165, 1.54) is 5.32 Å². The van der Waals surface area contributed by atoms with Crippen LogP contribution in [0.2, 0.25) is 5.02 Å². The molecule has 21 heavy (non-hydrogen) atoms. The molecule has 0 aliphatic carbocycles. The van der Waals surface area contributed by atoms with Gasteiger partial charge in [-0.2, -0.15) is 26.3 Å². The molecule has 0 aromatic heterocycles. The lowest BCUT2D eigenvalue weighted by atomic mass is 9.87. The fourth-order valence-electron chi connectivity index (χ4n) is 1.25. The van der Waals surface area contributed by atoms with Crippen LogP contribution in [0.3, 0.4) is 0 Å². The van der Waals surface area contributed by atoms with Crippen LogP contribution in [-0.4, -0.2) is 18.3 Å². The molecule has 0 aliphatic rings. The molecule has 1 rings (SSSR count). The van der Waals surface area contributed by atoms with Gasteiger partial charge in [0.2, 0.25) is 11.3 Å². The number of amides is 1. The molecule has 1 amide bonds. The predicted molar refractivity (Wildman–Crippen MR) is 60.3 cm³/mol. The highest BCUT2D eigenvalue weighted by atomic mass is 35.5. The van der Waals surface area contributed by atoms with Crippen LogP contribution in [-0.2, 0) is 4.79 Å². The first-order chi connectivity index (χ1) is 9.30.